The quantitative estimate of drug-likeness (QED) is 0.629. The summed E-state index contributed by atoms with van der Waals surface area (Å²) in [5, 5.41) is 1.04. The Kier molecular flexibility index (Phi) is 4.10. The summed E-state index contributed by atoms with van der Waals surface area (Å²) < 4.78 is 0. The zero-order chi connectivity index (χ0) is 11.4. The topological polar surface area (TPSA) is 28.7 Å². The van der Waals surface area contributed by atoms with E-state index >= 15 is 0 Å². The largest absolute Gasteiger partial charge is 0.339 e. The van der Waals surface area contributed by atoms with Crippen LogP contribution in [0.3, 0.4) is 0 Å². The Bertz CT molecular complexity index is 351. The lowest BCUT2D eigenvalue weighted by molar-refractivity contribution is 0.437. The van der Waals surface area contributed by atoms with E-state index in [9.17, 15) is 0 Å². The van der Waals surface area contributed by atoms with Crippen molar-refractivity contribution in [3.63, 3.8) is 0 Å². The number of hydrogen-bond acceptors (Lipinski definition) is 2. The molecule has 0 saturated heterocycles. The molecule has 2 nitrogen and oxygen atoms in total. The molecule has 1 aliphatic carbocycles. The Morgan fingerprint density at radius 3 is 2.94 bits per heavy atom. The standard InChI is InChI=1S/C13H20N2S/c1-10(2)9-16-13-14-8-12(15-13)11-6-4-3-5-7-11/h8,11H,1,3-7,9H2,2H3,(H,14,15). The minimum absolute atomic E-state index is 0.698. The third-order valence-electron chi connectivity index (χ3n) is 3.05. The summed E-state index contributed by atoms with van der Waals surface area (Å²) in [6.07, 6.45) is 8.86. The number of nitrogens with one attached hydrogen (secondary N) is 1. The van der Waals surface area contributed by atoms with Gasteiger partial charge < -0.3 is 4.98 Å². The summed E-state index contributed by atoms with van der Waals surface area (Å²) in [7, 11) is 0. The Balaban J connectivity index is 1.93. The van der Waals surface area contributed by atoms with Crippen LogP contribution in [-0.4, -0.2) is 15.7 Å². The number of rotatable bonds is 4. The van der Waals surface area contributed by atoms with E-state index < -0.39 is 0 Å². The second-order valence-electron chi connectivity index (χ2n) is 4.71. The fourth-order valence-corrected chi connectivity index (χ4v) is 2.89. The number of aromatic amines is 1. The van der Waals surface area contributed by atoms with Crippen LogP contribution in [-0.2, 0) is 0 Å². The first-order chi connectivity index (χ1) is 7.75. The molecule has 1 N–H and O–H groups in total. The molecule has 0 aliphatic heterocycles. The van der Waals surface area contributed by atoms with Crippen LogP contribution in [0.25, 0.3) is 0 Å². The third kappa shape index (κ3) is 3.14. The summed E-state index contributed by atoms with van der Waals surface area (Å²) in [6.45, 7) is 5.96. The molecule has 2 rings (SSSR count). The van der Waals surface area contributed by atoms with Gasteiger partial charge in [-0.2, -0.15) is 0 Å². The van der Waals surface area contributed by atoms with Crippen molar-refractivity contribution in [2.45, 2.75) is 50.1 Å². The maximum atomic E-state index is 4.67. The van der Waals surface area contributed by atoms with E-state index in [0.717, 1.165) is 10.9 Å². The number of thioether (sulfide) groups is 1. The van der Waals surface area contributed by atoms with Gasteiger partial charge >= 0.3 is 0 Å². The van der Waals surface area contributed by atoms with Crippen LogP contribution in [0, 0.1) is 0 Å². The summed E-state index contributed by atoms with van der Waals surface area (Å²) in [6, 6.07) is 0. The van der Waals surface area contributed by atoms with Crippen LogP contribution < -0.4 is 0 Å². The van der Waals surface area contributed by atoms with E-state index in [1.165, 1.54) is 43.4 Å². The van der Waals surface area contributed by atoms with Gasteiger partial charge in [-0.15, -0.1) is 0 Å². The van der Waals surface area contributed by atoms with E-state index in [-0.39, 0.29) is 0 Å². The first-order valence-corrected chi connectivity index (χ1v) is 7.07. The van der Waals surface area contributed by atoms with Gasteiger partial charge in [-0.1, -0.05) is 43.2 Å². The fourth-order valence-electron chi connectivity index (χ4n) is 2.19. The monoisotopic (exact) mass is 236 g/mol. The SMILES string of the molecule is C=C(C)CSc1nc(C2CCCCC2)c[nH]1. The van der Waals surface area contributed by atoms with Crippen molar-refractivity contribution in [3.8, 4) is 0 Å². The predicted molar refractivity (Wildman–Crippen MR) is 70.0 cm³/mol. The molecule has 0 bridgehead atoms. The molecular weight excluding hydrogens is 216 g/mol. The molecular formula is C13H20N2S. The van der Waals surface area contributed by atoms with Gasteiger partial charge in [0.25, 0.3) is 0 Å². The number of nitrogens with zero attached hydrogens (tertiary/aromatic N) is 1. The molecule has 0 radical (unpaired) electrons. The highest BCUT2D eigenvalue weighted by atomic mass is 32.2. The third-order valence-corrected chi connectivity index (χ3v) is 4.17. The second-order valence-corrected chi connectivity index (χ2v) is 5.68. The first-order valence-electron chi connectivity index (χ1n) is 6.08. The van der Waals surface area contributed by atoms with Crippen molar-refractivity contribution in [3.05, 3.63) is 24.0 Å². The molecule has 1 saturated carbocycles. The molecule has 1 aromatic heterocycles. The van der Waals surface area contributed by atoms with E-state index in [4.69, 9.17) is 0 Å². The Morgan fingerprint density at radius 1 is 1.50 bits per heavy atom. The molecule has 0 atom stereocenters. The van der Waals surface area contributed by atoms with Crippen molar-refractivity contribution in [1.29, 1.82) is 0 Å². The van der Waals surface area contributed by atoms with Crippen molar-refractivity contribution in [1.82, 2.24) is 9.97 Å². The minimum Gasteiger partial charge on any atom is -0.339 e. The van der Waals surface area contributed by atoms with Crippen molar-refractivity contribution in [2.75, 3.05) is 5.75 Å². The zero-order valence-corrected chi connectivity index (χ0v) is 10.8. The summed E-state index contributed by atoms with van der Waals surface area (Å²) >= 11 is 1.75. The molecule has 88 valence electrons. The predicted octanol–water partition coefficient (Wildman–Crippen LogP) is 4.13. The van der Waals surface area contributed by atoms with Crippen LogP contribution in [0.1, 0.15) is 50.6 Å². The molecule has 0 amide bonds. The lowest BCUT2D eigenvalue weighted by Crippen LogP contribution is -2.04. The van der Waals surface area contributed by atoms with Crippen LogP contribution in [0.15, 0.2) is 23.5 Å². The number of imidazole rings is 1. The molecule has 0 unspecified atom stereocenters. The Hall–Kier alpha value is -0.700. The van der Waals surface area contributed by atoms with Crippen LogP contribution in [0.5, 0.6) is 0 Å². The molecule has 1 fully saturated rings. The number of hydrogen-bond donors (Lipinski definition) is 1. The zero-order valence-electron chi connectivity index (χ0n) is 9.96. The van der Waals surface area contributed by atoms with Gasteiger partial charge in [-0.3, -0.25) is 0 Å². The average Bonchev–Trinajstić information content (AvgIpc) is 2.76. The number of H-pyrrole nitrogens is 1. The highest BCUT2D eigenvalue weighted by molar-refractivity contribution is 7.99. The molecule has 0 aromatic carbocycles. The Morgan fingerprint density at radius 2 is 2.25 bits per heavy atom. The van der Waals surface area contributed by atoms with Crippen molar-refractivity contribution in [2.24, 2.45) is 0 Å². The lowest BCUT2D eigenvalue weighted by atomic mass is 9.87. The van der Waals surface area contributed by atoms with Crippen LogP contribution >= 0.6 is 11.8 Å². The van der Waals surface area contributed by atoms with Gasteiger partial charge in [0.1, 0.15) is 0 Å². The molecule has 3 heteroatoms. The van der Waals surface area contributed by atoms with Gasteiger partial charge in [0.05, 0.1) is 5.69 Å². The highest BCUT2D eigenvalue weighted by Gasteiger charge is 2.17. The Labute approximate surface area is 102 Å². The fraction of sp³-hybridized carbons (Fsp3) is 0.615. The van der Waals surface area contributed by atoms with Gasteiger partial charge in [0.2, 0.25) is 0 Å². The van der Waals surface area contributed by atoms with Gasteiger partial charge in [-0.05, 0) is 19.8 Å². The first kappa shape index (κ1) is 11.8. The normalized spacial score (nSPS) is 17.6. The molecule has 1 heterocycles. The van der Waals surface area contributed by atoms with Crippen LogP contribution in [0.4, 0.5) is 0 Å². The summed E-state index contributed by atoms with van der Waals surface area (Å²) in [5.41, 5.74) is 2.46. The van der Waals surface area contributed by atoms with E-state index in [0.29, 0.717) is 5.92 Å². The van der Waals surface area contributed by atoms with Crippen molar-refractivity contribution >= 4 is 11.8 Å². The molecule has 0 spiro atoms. The second kappa shape index (κ2) is 5.58. The molecule has 1 aliphatic rings. The minimum atomic E-state index is 0.698. The van der Waals surface area contributed by atoms with E-state index in [2.05, 4.69) is 29.7 Å². The van der Waals surface area contributed by atoms with Crippen LogP contribution in [0.2, 0.25) is 0 Å². The highest BCUT2D eigenvalue weighted by Crippen LogP contribution is 2.32. The van der Waals surface area contributed by atoms with E-state index in [1.807, 2.05) is 0 Å². The molecule has 1 aromatic rings. The molecule has 16 heavy (non-hydrogen) atoms. The van der Waals surface area contributed by atoms with Crippen molar-refractivity contribution < 1.29 is 0 Å². The van der Waals surface area contributed by atoms with Gasteiger partial charge in [0, 0.05) is 17.9 Å². The lowest BCUT2D eigenvalue weighted by Gasteiger charge is -2.19. The van der Waals surface area contributed by atoms with E-state index in [1.54, 1.807) is 11.8 Å². The average molecular weight is 236 g/mol. The maximum absolute atomic E-state index is 4.67. The summed E-state index contributed by atoms with van der Waals surface area (Å²) in [4.78, 5) is 7.94. The summed E-state index contributed by atoms with van der Waals surface area (Å²) in [5.74, 6) is 1.65. The maximum Gasteiger partial charge on any atom is 0.165 e. The number of aromatic nitrogens is 2. The smallest absolute Gasteiger partial charge is 0.165 e. The van der Waals surface area contributed by atoms with Gasteiger partial charge in [-0.25, -0.2) is 4.98 Å². The van der Waals surface area contributed by atoms with Gasteiger partial charge in [0.15, 0.2) is 5.16 Å².